The fraction of sp³-hybridized carbons (Fsp3) is 0. The third-order valence-corrected chi connectivity index (χ3v) is 1.40. The molecule has 0 bridgehead atoms. The molecule has 1 aromatic carbocycles. The van der Waals surface area contributed by atoms with Gasteiger partial charge in [0.15, 0.2) is 5.75 Å². The van der Waals surface area contributed by atoms with Gasteiger partial charge in [-0.25, -0.2) is 0 Å². The molecule has 0 saturated heterocycles. The van der Waals surface area contributed by atoms with Gasteiger partial charge in [-0.1, -0.05) is 17.1 Å². The predicted molar refractivity (Wildman–Crippen MR) is 35.6 cm³/mol. The minimum atomic E-state index is -0.285. The van der Waals surface area contributed by atoms with Crippen LogP contribution < -0.4 is 10.4 Å². The van der Waals surface area contributed by atoms with Gasteiger partial charge in [0.25, 0.3) is 5.91 Å². The summed E-state index contributed by atoms with van der Waals surface area (Å²) in [6.07, 6.45) is 0. The summed E-state index contributed by atoms with van der Waals surface area (Å²) in [5.74, 6) is 0.156. The molecule has 0 spiro atoms. The van der Waals surface area contributed by atoms with Gasteiger partial charge >= 0.3 is 0 Å². The number of carbonyl (C=O) groups is 1. The Kier molecular flexibility index (Phi) is 1.26. The summed E-state index contributed by atoms with van der Waals surface area (Å²) in [5.41, 5.74) is 2.56. The third-order valence-electron chi connectivity index (χ3n) is 1.40. The lowest BCUT2D eigenvalue weighted by molar-refractivity contribution is -0.249. The van der Waals surface area contributed by atoms with Crippen molar-refractivity contribution in [3.8, 4) is 5.75 Å². The summed E-state index contributed by atoms with van der Waals surface area (Å²) in [7, 11) is 0. The van der Waals surface area contributed by atoms with E-state index in [0.29, 0.717) is 11.3 Å². The summed E-state index contributed by atoms with van der Waals surface area (Å²) in [4.78, 5) is 19.9. The molecule has 1 amide bonds. The monoisotopic (exact) mass is 151 g/mol. The SMILES string of the molecule is O=C1NOOc2ccccc21. The van der Waals surface area contributed by atoms with Crippen LogP contribution in [0.4, 0.5) is 0 Å². The fourth-order valence-corrected chi connectivity index (χ4v) is 0.885. The first-order valence-electron chi connectivity index (χ1n) is 3.11. The quantitative estimate of drug-likeness (QED) is 0.554. The highest BCUT2D eigenvalue weighted by atomic mass is 17.3. The number of carbonyl (C=O) groups excluding carboxylic acids is 1. The molecule has 0 aromatic heterocycles. The first kappa shape index (κ1) is 6.18. The maximum absolute atomic E-state index is 11.0. The summed E-state index contributed by atoms with van der Waals surface area (Å²) in [5, 5.41) is 0. The molecule has 4 heteroatoms. The first-order chi connectivity index (χ1) is 5.38. The Balaban J connectivity index is 2.52. The molecule has 2 rings (SSSR count). The van der Waals surface area contributed by atoms with Gasteiger partial charge in [-0.15, -0.1) is 0 Å². The second-order valence-electron chi connectivity index (χ2n) is 2.09. The molecular formula is C7H5NO3. The Labute approximate surface area is 62.6 Å². The zero-order valence-corrected chi connectivity index (χ0v) is 5.53. The molecular weight excluding hydrogens is 146 g/mol. The van der Waals surface area contributed by atoms with Gasteiger partial charge in [-0.05, 0) is 12.1 Å². The molecule has 0 unspecified atom stereocenters. The van der Waals surface area contributed by atoms with Gasteiger partial charge in [0.05, 0.1) is 5.56 Å². The average molecular weight is 151 g/mol. The Hall–Kier alpha value is -1.55. The Morgan fingerprint density at radius 2 is 2.09 bits per heavy atom. The second-order valence-corrected chi connectivity index (χ2v) is 2.09. The summed E-state index contributed by atoms with van der Waals surface area (Å²) in [6, 6.07) is 6.84. The van der Waals surface area contributed by atoms with E-state index in [1.807, 2.05) is 0 Å². The fourth-order valence-electron chi connectivity index (χ4n) is 0.885. The number of hydrogen-bond donors (Lipinski definition) is 1. The minimum absolute atomic E-state index is 0.285. The van der Waals surface area contributed by atoms with E-state index in [1.54, 1.807) is 24.3 Å². The van der Waals surface area contributed by atoms with Crippen LogP contribution in [0, 0.1) is 0 Å². The van der Waals surface area contributed by atoms with E-state index in [0.717, 1.165) is 0 Å². The number of rotatable bonds is 0. The molecule has 1 aliphatic heterocycles. The molecule has 1 aliphatic rings. The van der Waals surface area contributed by atoms with Gasteiger partial charge < -0.3 is 4.89 Å². The molecule has 1 aromatic rings. The van der Waals surface area contributed by atoms with Gasteiger partial charge in [0.1, 0.15) is 0 Å². The van der Waals surface area contributed by atoms with Crippen LogP contribution in [0.15, 0.2) is 24.3 Å². The number of para-hydroxylation sites is 1. The largest absolute Gasteiger partial charge is 0.313 e. The average Bonchev–Trinajstić information content (AvgIpc) is 2.06. The van der Waals surface area contributed by atoms with Crippen molar-refractivity contribution in [3.63, 3.8) is 0 Å². The predicted octanol–water partition coefficient (Wildman–Crippen LogP) is 0.655. The zero-order chi connectivity index (χ0) is 7.68. The smallest absolute Gasteiger partial charge is 0.281 e. The van der Waals surface area contributed by atoms with Gasteiger partial charge in [-0.3, -0.25) is 4.79 Å². The summed E-state index contributed by atoms with van der Waals surface area (Å²) < 4.78 is 0. The van der Waals surface area contributed by atoms with Crippen LogP contribution in [-0.4, -0.2) is 5.91 Å². The summed E-state index contributed by atoms with van der Waals surface area (Å²) >= 11 is 0. The molecule has 0 aliphatic carbocycles. The van der Waals surface area contributed by atoms with Gasteiger partial charge in [0.2, 0.25) is 0 Å². The summed E-state index contributed by atoms with van der Waals surface area (Å²) in [6.45, 7) is 0. The molecule has 1 N–H and O–H groups in total. The van der Waals surface area contributed by atoms with Crippen LogP contribution in [0.25, 0.3) is 0 Å². The first-order valence-corrected chi connectivity index (χ1v) is 3.11. The van der Waals surface area contributed by atoms with Crippen molar-refractivity contribution in [2.75, 3.05) is 0 Å². The highest BCUT2D eigenvalue weighted by Gasteiger charge is 2.17. The Bertz CT molecular complexity index is 297. The molecule has 0 atom stereocenters. The number of fused-ring (bicyclic) bond motifs is 1. The standard InChI is InChI=1S/C7H5NO3/c9-7-5-3-1-2-4-6(5)10-11-8-7/h1-4H,(H,8,9). The molecule has 56 valence electrons. The van der Waals surface area contributed by atoms with E-state index >= 15 is 0 Å². The topological polar surface area (TPSA) is 47.6 Å². The maximum Gasteiger partial charge on any atom is 0.281 e. The second kappa shape index (κ2) is 2.25. The van der Waals surface area contributed by atoms with Crippen LogP contribution in [0.1, 0.15) is 10.4 Å². The molecule has 1 heterocycles. The lowest BCUT2D eigenvalue weighted by Gasteiger charge is -2.13. The lowest BCUT2D eigenvalue weighted by Crippen LogP contribution is -2.30. The highest BCUT2D eigenvalue weighted by molar-refractivity contribution is 5.96. The van der Waals surface area contributed by atoms with E-state index in [9.17, 15) is 4.79 Å². The van der Waals surface area contributed by atoms with Crippen molar-refractivity contribution in [2.24, 2.45) is 0 Å². The van der Waals surface area contributed by atoms with Crippen LogP contribution in [0.2, 0.25) is 0 Å². The Morgan fingerprint density at radius 3 is 2.91 bits per heavy atom. The van der Waals surface area contributed by atoms with Crippen molar-refractivity contribution in [1.29, 1.82) is 0 Å². The molecule has 0 saturated carbocycles. The normalized spacial score (nSPS) is 14.7. The van der Waals surface area contributed by atoms with Crippen molar-refractivity contribution in [2.45, 2.75) is 0 Å². The van der Waals surface area contributed by atoms with Crippen molar-refractivity contribution in [3.05, 3.63) is 29.8 Å². The number of hydroxylamine groups is 1. The van der Waals surface area contributed by atoms with Crippen LogP contribution in [0.5, 0.6) is 5.75 Å². The van der Waals surface area contributed by atoms with E-state index in [2.05, 4.69) is 15.4 Å². The number of benzene rings is 1. The minimum Gasteiger partial charge on any atom is -0.313 e. The number of amides is 1. The lowest BCUT2D eigenvalue weighted by atomic mass is 10.2. The number of nitrogens with one attached hydrogen (secondary N) is 1. The molecule has 11 heavy (non-hydrogen) atoms. The molecule has 0 radical (unpaired) electrons. The van der Waals surface area contributed by atoms with E-state index < -0.39 is 0 Å². The van der Waals surface area contributed by atoms with Gasteiger partial charge in [-0.2, -0.15) is 5.48 Å². The third kappa shape index (κ3) is 0.929. The number of hydrogen-bond acceptors (Lipinski definition) is 3. The van der Waals surface area contributed by atoms with Crippen molar-refractivity contribution >= 4 is 5.91 Å². The van der Waals surface area contributed by atoms with Crippen LogP contribution in [-0.2, 0) is 4.99 Å². The molecule has 0 fully saturated rings. The van der Waals surface area contributed by atoms with Crippen molar-refractivity contribution in [1.82, 2.24) is 5.48 Å². The van der Waals surface area contributed by atoms with Gasteiger partial charge in [0, 0.05) is 0 Å². The maximum atomic E-state index is 11.0. The van der Waals surface area contributed by atoms with Crippen LogP contribution in [0.3, 0.4) is 0 Å². The Morgan fingerprint density at radius 1 is 1.27 bits per heavy atom. The van der Waals surface area contributed by atoms with E-state index in [4.69, 9.17) is 0 Å². The zero-order valence-electron chi connectivity index (χ0n) is 5.53. The van der Waals surface area contributed by atoms with Crippen LogP contribution >= 0.6 is 0 Å². The van der Waals surface area contributed by atoms with E-state index in [1.165, 1.54) is 0 Å². The van der Waals surface area contributed by atoms with Crippen molar-refractivity contribution < 1.29 is 14.7 Å². The molecule has 4 nitrogen and oxygen atoms in total. The van der Waals surface area contributed by atoms with E-state index in [-0.39, 0.29) is 5.91 Å². The highest BCUT2D eigenvalue weighted by Crippen LogP contribution is 2.19.